The second kappa shape index (κ2) is 6.20. The molecule has 23 heavy (non-hydrogen) atoms. The number of rotatable bonds is 4. The van der Waals surface area contributed by atoms with Crippen molar-refractivity contribution in [1.82, 2.24) is 10.5 Å². The van der Waals surface area contributed by atoms with E-state index in [0.29, 0.717) is 12.2 Å². The summed E-state index contributed by atoms with van der Waals surface area (Å²) in [6.07, 6.45) is 0.150. The van der Waals surface area contributed by atoms with Crippen LogP contribution in [0.5, 0.6) is 0 Å². The smallest absolute Gasteiger partial charge is 0.226 e. The number of carbonyl (C=O) groups excluding carboxylic acids is 1. The van der Waals surface area contributed by atoms with Gasteiger partial charge in [0.15, 0.2) is 5.58 Å². The molecular weight excluding hydrogens is 295 g/mol. The lowest BCUT2D eigenvalue weighted by Gasteiger charge is -2.04. The average Bonchev–Trinajstić information content (AvgIpc) is 2.90. The number of aryl methyl sites for hydroxylation is 2. The maximum absolute atomic E-state index is 12.8. The third kappa shape index (κ3) is 3.39. The monoisotopic (exact) mass is 312 g/mol. The van der Waals surface area contributed by atoms with Gasteiger partial charge in [-0.25, -0.2) is 4.39 Å². The molecule has 3 rings (SSSR count). The van der Waals surface area contributed by atoms with Crippen LogP contribution in [0.15, 0.2) is 40.9 Å². The van der Waals surface area contributed by atoms with E-state index in [9.17, 15) is 9.18 Å². The summed E-state index contributed by atoms with van der Waals surface area (Å²) in [6, 6.07) is 10.0. The van der Waals surface area contributed by atoms with Crippen LogP contribution in [0.2, 0.25) is 0 Å². The van der Waals surface area contributed by atoms with E-state index in [1.54, 1.807) is 12.1 Å². The molecule has 5 heteroatoms. The third-order valence-electron chi connectivity index (χ3n) is 3.71. The Kier molecular flexibility index (Phi) is 4.10. The lowest BCUT2D eigenvalue weighted by atomic mass is 10.1. The lowest BCUT2D eigenvalue weighted by Crippen LogP contribution is -2.24. The molecule has 118 valence electrons. The zero-order valence-corrected chi connectivity index (χ0v) is 13.0. The Hall–Kier alpha value is -2.69. The number of fused-ring (bicyclic) bond motifs is 1. The average molecular weight is 312 g/mol. The molecule has 1 heterocycles. The third-order valence-corrected chi connectivity index (χ3v) is 3.71. The van der Waals surface area contributed by atoms with Crippen LogP contribution in [-0.4, -0.2) is 11.1 Å². The maximum atomic E-state index is 12.8. The Morgan fingerprint density at radius 3 is 2.70 bits per heavy atom. The molecule has 1 aromatic heterocycles. The van der Waals surface area contributed by atoms with E-state index in [2.05, 4.69) is 10.5 Å². The number of hydrogen-bond acceptors (Lipinski definition) is 3. The van der Waals surface area contributed by atoms with Crippen LogP contribution < -0.4 is 5.32 Å². The molecule has 0 atom stereocenters. The number of halogens is 1. The highest BCUT2D eigenvalue weighted by Crippen LogP contribution is 2.24. The van der Waals surface area contributed by atoms with Crippen LogP contribution in [0.1, 0.15) is 22.4 Å². The van der Waals surface area contributed by atoms with Crippen LogP contribution in [0.3, 0.4) is 0 Å². The van der Waals surface area contributed by atoms with Crippen molar-refractivity contribution >= 4 is 16.9 Å². The topological polar surface area (TPSA) is 55.1 Å². The zero-order chi connectivity index (χ0) is 16.4. The number of hydrogen-bond donors (Lipinski definition) is 1. The van der Waals surface area contributed by atoms with Gasteiger partial charge in [-0.2, -0.15) is 0 Å². The summed E-state index contributed by atoms with van der Waals surface area (Å²) in [5, 5.41) is 7.70. The maximum Gasteiger partial charge on any atom is 0.226 e. The molecule has 2 aromatic carbocycles. The molecule has 0 saturated heterocycles. The number of carbonyl (C=O) groups is 1. The molecule has 0 aliphatic carbocycles. The van der Waals surface area contributed by atoms with Crippen molar-refractivity contribution in [2.75, 3.05) is 0 Å². The Balaban J connectivity index is 1.69. The Bertz CT molecular complexity index is 853. The van der Waals surface area contributed by atoms with Crippen molar-refractivity contribution in [2.45, 2.75) is 26.8 Å². The molecule has 0 spiro atoms. The van der Waals surface area contributed by atoms with E-state index in [1.165, 1.54) is 12.1 Å². The summed E-state index contributed by atoms with van der Waals surface area (Å²) < 4.78 is 18.2. The van der Waals surface area contributed by atoms with E-state index in [-0.39, 0.29) is 18.1 Å². The molecule has 1 N–H and O–H groups in total. The normalized spacial score (nSPS) is 10.9. The van der Waals surface area contributed by atoms with E-state index >= 15 is 0 Å². The molecule has 0 aliphatic heterocycles. The highest BCUT2D eigenvalue weighted by atomic mass is 19.1. The molecule has 0 radical (unpaired) electrons. The van der Waals surface area contributed by atoms with Gasteiger partial charge in [-0.15, -0.1) is 0 Å². The minimum absolute atomic E-state index is 0.149. The van der Waals surface area contributed by atoms with Gasteiger partial charge in [-0.3, -0.25) is 4.79 Å². The summed E-state index contributed by atoms with van der Waals surface area (Å²) in [7, 11) is 0. The second-order valence-corrected chi connectivity index (χ2v) is 5.67. The quantitative estimate of drug-likeness (QED) is 0.803. The predicted octanol–water partition coefficient (Wildman–Crippen LogP) is 3.44. The number of nitrogens with one attached hydrogen (secondary N) is 1. The Morgan fingerprint density at radius 1 is 1.22 bits per heavy atom. The van der Waals surface area contributed by atoms with E-state index in [4.69, 9.17) is 4.52 Å². The molecule has 0 aliphatic rings. The fourth-order valence-electron chi connectivity index (χ4n) is 2.58. The van der Waals surface area contributed by atoms with Crippen LogP contribution in [0.4, 0.5) is 4.39 Å². The van der Waals surface area contributed by atoms with Crippen molar-refractivity contribution in [3.8, 4) is 0 Å². The molecule has 0 saturated carbocycles. The Labute approximate surface area is 133 Å². The molecule has 0 bridgehead atoms. The number of benzene rings is 2. The first-order valence-electron chi connectivity index (χ1n) is 7.39. The highest BCUT2D eigenvalue weighted by molar-refractivity contribution is 5.88. The van der Waals surface area contributed by atoms with Gasteiger partial charge in [-0.05, 0) is 48.7 Å². The van der Waals surface area contributed by atoms with E-state index < -0.39 is 0 Å². The van der Waals surface area contributed by atoms with Gasteiger partial charge in [0.1, 0.15) is 11.5 Å². The Morgan fingerprint density at radius 2 is 1.96 bits per heavy atom. The van der Waals surface area contributed by atoms with Crippen molar-refractivity contribution < 1.29 is 13.7 Å². The number of nitrogens with zero attached hydrogens (tertiary/aromatic N) is 1. The largest absolute Gasteiger partial charge is 0.356 e. The molecule has 3 aromatic rings. The van der Waals surface area contributed by atoms with Gasteiger partial charge in [0.05, 0.1) is 6.42 Å². The van der Waals surface area contributed by atoms with E-state index in [0.717, 1.165) is 27.7 Å². The van der Waals surface area contributed by atoms with Gasteiger partial charge in [-0.1, -0.05) is 23.4 Å². The van der Waals surface area contributed by atoms with Crippen LogP contribution in [-0.2, 0) is 17.8 Å². The first kappa shape index (κ1) is 15.2. The summed E-state index contributed by atoms with van der Waals surface area (Å²) in [5.74, 6) is -0.441. The SMILES string of the molecule is Cc1cc(C)c2onc(CC(=O)NCc3ccc(F)cc3)c2c1. The number of amides is 1. The van der Waals surface area contributed by atoms with E-state index in [1.807, 2.05) is 26.0 Å². The van der Waals surface area contributed by atoms with Crippen molar-refractivity contribution in [1.29, 1.82) is 0 Å². The minimum atomic E-state index is -0.292. The molecule has 0 fully saturated rings. The highest BCUT2D eigenvalue weighted by Gasteiger charge is 2.14. The predicted molar refractivity (Wildman–Crippen MR) is 85.4 cm³/mol. The van der Waals surface area contributed by atoms with Crippen LogP contribution in [0.25, 0.3) is 11.0 Å². The van der Waals surface area contributed by atoms with Crippen LogP contribution in [0, 0.1) is 19.7 Å². The minimum Gasteiger partial charge on any atom is -0.356 e. The van der Waals surface area contributed by atoms with Gasteiger partial charge >= 0.3 is 0 Å². The fraction of sp³-hybridized carbons (Fsp3) is 0.222. The van der Waals surface area contributed by atoms with Gasteiger partial charge in [0.2, 0.25) is 5.91 Å². The van der Waals surface area contributed by atoms with Gasteiger partial charge in [0.25, 0.3) is 0 Å². The molecule has 4 nitrogen and oxygen atoms in total. The standard InChI is InChI=1S/C18H17FN2O2/c1-11-7-12(2)18-15(8-11)16(21-23-18)9-17(22)20-10-13-3-5-14(19)6-4-13/h3-8H,9-10H2,1-2H3,(H,20,22). The fourth-order valence-corrected chi connectivity index (χ4v) is 2.58. The molecular formula is C18H17FN2O2. The van der Waals surface area contributed by atoms with Crippen molar-refractivity contribution in [3.05, 3.63) is 64.6 Å². The van der Waals surface area contributed by atoms with Crippen LogP contribution >= 0.6 is 0 Å². The summed E-state index contributed by atoms with van der Waals surface area (Å²) in [4.78, 5) is 12.1. The zero-order valence-electron chi connectivity index (χ0n) is 13.0. The van der Waals surface area contributed by atoms with Gasteiger partial charge in [0, 0.05) is 11.9 Å². The summed E-state index contributed by atoms with van der Waals surface area (Å²) >= 11 is 0. The molecule has 0 unspecified atom stereocenters. The lowest BCUT2D eigenvalue weighted by molar-refractivity contribution is -0.120. The summed E-state index contributed by atoms with van der Waals surface area (Å²) in [5.41, 5.74) is 4.30. The number of aromatic nitrogens is 1. The van der Waals surface area contributed by atoms with Crippen molar-refractivity contribution in [3.63, 3.8) is 0 Å². The molecule has 1 amide bonds. The summed E-state index contributed by atoms with van der Waals surface area (Å²) in [6.45, 7) is 4.31. The first-order chi connectivity index (χ1) is 11.0. The second-order valence-electron chi connectivity index (χ2n) is 5.67. The van der Waals surface area contributed by atoms with Gasteiger partial charge < -0.3 is 9.84 Å². The first-order valence-corrected chi connectivity index (χ1v) is 7.39. The van der Waals surface area contributed by atoms with Crippen molar-refractivity contribution in [2.24, 2.45) is 0 Å².